The Morgan fingerprint density at radius 3 is 1.14 bits per heavy atom. The zero-order valence-electron chi connectivity index (χ0n) is 2.70. The summed E-state index contributed by atoms with van der Waals surface area (Å²) in [6.07, 6.45) is 0. The summed E-state index contributed by atoms with van der Waals surface area (Å²) in [5, 5.41) is 0. The molecule has 0 aliphatic carbocycles. The molecule has 0 aromatic heterocycles. The van der Waals surface area contributed by atoms with Crippen LogP contribution in [0.25, 0.3) is 0 Å². The Morgan fingerprint density at radius 1 is 1.14 bits per heavy atom. The van der Waals surface area contributed by atoms with Gasteiger partial charge in [0.05, 0.1) is 0 Å². The number of hydrogen-bond acceptors (Lipinski definition) is 1. The zero-order valence-corrected chi connectivity index (χ0v) is 5.69. The Morgan fingerprint density at radius 2 is 1.14 bits per heavy atom. The summed E-state index contributed by atoms with van der Waals surface area (Å²) in [6, 6.07) is 0. The first-order valence-corrected chi connectivity index (χ1v) is 2.35. The molecule has 0 amide bonds. The number of hydrogen-bond donors (Lipinski definition) is 3. The summed E-state index contributed by atoms with van der Waals surface area (Å²) in [6.45, 7) is 0. The van der Waals surface area contributed by atoms with Gasteiger partial charge >= 0.3 is 76.3 Å². The van der Waals surface area contributed by atoms with Crippen molar-refractivity contribution in [3.8, 4) is 0 Å². The maximum atomic E-state index is 8.88. The van der Waals surface area contributed by atoms with Crippen molar-refractivity contribution in [3.05, 3.63) is 0 Å². The topological polar surface area (TPSA) is 77.8 Å². The predicted molar refractivity (Wildman–Crippen MR) is 30.0 cm³/mol. The van der Waals surface area contributed by atoms with Crippen LogP contribution in [0.2, 0.25) is 0 Å². The molecular weight excluding hydrogens is 213 g/mol. The third-order valence-corrected chi connectivity index (χ3v) is 0. The van der Waals surface area contributed by atoms with Crippen molar-refractivity contribution in [2.45, 2.75) is 0 Å². The van der Waals surface area contributed by atoms with E-state index in [4.69, 9.17) is 19.2 Å². The van der Waals surface area contributed by atoms with Crippen molar-refractivity contribution in [1.29, 1.82) is 0 Å². The summed E-state index contributed by atoms with van der Waals surface area (Å²) in [4.78, 5) is 21.6. The second-order valence-electron chi connectivity index (χ2n) is 0.513. The molecule has 4 nitrogen and oxygen atoms in total. The van der Waals surface area contributed by atoms with Crippen LogP contribution in [0.15, 0.2) is 0 Å². The molecule has 42 valence electrons. The van der Waals surface area contributed by atoms with Gasteiger partial charge in [-0.25, -0.2) is 4.57 Å². The molecule has 0 unspecified atom stereocenters. The average molecular weight is 219 g/mol. The van der Waals surface area contributed by atoms with Crippen LogP contribution in [-0.4, -0.2) is 83.1 Å². The Balaban J connectivity index is -0.0000000800. The molecule has 0 saturated heterocycles. The quantitative estimate of drug-likeness (QED) is 0.311. The van der Waals surface area contributed by atoms with E-state index in [0.717, 1.165) is 0 Å². The molecule has 3 N–H and O–H groups in total. The Labute approximate surface area is 93.8 Å². The summed E-state index contributed by atoms with van der Waals surface area (Å²) >= 11 is 0. The Bertz CT molecular complexity index is 57.8. The minimum atomic E-state index is -4.64. The van der Waals surface area contributed by atoms with E-state index in [1.165, 1.54) is 0 Å². The number of phosphoric acid groups is 1. The average Bonchev–Trinajstić information content (AvgIpc) is 0.722. The molecule has 7 heavy (non-hydrogen) atoms. The van der Waals surface area contributed by atoms with Crippen molar-refractivity contribution in [1.82, 2.24) is 0 Å². The summed E-state index contributed by atoms with van der Waals surface area (Å²) < 4.78 is 8.88. The SMILES string of the molecule is O=P(O)(O)O.[KH].[SeH2]. The van der Waals surface area contributed by atoms with E-state index in [1.807, 2.05) is 0 Å². The van der Waals surface area contributed by atoms with Gasteiger partial charge in [0.2, 0.25) is 0 Å². The third-order valence-electron chi connectivity index (χ3n) is 0. The Hall–Kier alpha value is 2.27. The first-order valence-electron chi connectivity index (χ1n) is 0.783. The first kappa shape index (κ1) is 16.1. The van der Waals surface area contributed by atoms with E-state index in [9.17, 15) is 0 Å². The minimum absolute atomic E-state index is 0. The van der Waals surface area contributed by atoms with Crippen LogP contribution < -0.4 is 0 Å². The molecule has 0 spiro atoms. The van der Waals surface area contributed by atoms with Crippen LogP contribution in [0.5, 0.6) is 0 Å². The van der Waals surface area contributed by atoms with Crippen molar-refractivity contribution in [2.24, 2.45) is 0 Å². The molecule has 0 heterocycles. The molecule has 0 aliphatic heterocycles. The van der Waals surface area contributed by atoms with E-state index in [1.54, 1.807) is 0 Å². The normalized spacial score (nSPS) is 8.43. The number of rotatable bonds is 0. The fourth-order valence-electron chi connectivity index (χ4n) is 0. The van der Waals surface area contributed by atoms with Gasteiger partial charge in [0.1, 0.15) is 0 Å². The van der Waals surface area contributed by atoms with Gasteiger partial charge in [-0.15, -0.1) is 0 Å². The maximum absolute atomic E-state index is 8.88. The van der Waals surface area contributed by atoms with Crippen LogP contribution >= 0.6 is 7.82 Å². The third kappa shape index (κ3) is 63.2. The second-order valence-corrected chi connectivity index (χ2v) is 1.54. The monoisotopic (exact) mass is 220 g/mol. The fraction of sp³-hybridized carbons (Fsp3) is 0. The molecule has 7 heteroatoms. The van der Waals surface area contributed by atoms with Crippen molar-refractivity contribution < 1.29 is 19.2 Å². The molecule has 0 aromatic rings. The molecule has 0 aliphatic rings. The van der Waals surface area contributed by atoms with Gasteiger partial charge in [-0.05, 0) is 0 Å². The van der Waals surface area contributed by atoms with Crippen LogP contribution in [0, 0.1) is 0 Å². The molecule has 0 fully saturated rings. The molecule has 0 atom stereocenters. The predicted octanol–water partition coefficient (Wildman–Crippen LogP) is -2.49. The molecule has 0 saturated carbocycles. The molecular formula is H6KO4PSe. The van der Waals surface area contributed by atoms with Crippen molar-refractivity contribution >= 4 is 76.3 Å². The van der Waals surface area contributed by atoms with Crippen LogP contribution in [0.1, 0.15) is 0 Å². The summed E-state index contributed by atoms with van der Waals surface area (Å²) in [7, 11) is -4.64. The van der Waals surface area contributed by atoms with Gasteiger partial charge < -0.3 is 14.7 Å². The molecule has 0 rings (SSSR count). The molecule has 0 aromatic carbocycles. The molecule has 0 bridgehead atoms. The van der Waals surface area contributed by atoms with Gasteiger partial charge in [0.25, 0.3) is 0 Å². The van der Waals surface area contributed by atoms with Crippen molar-refractivity contribution in [3.63, 3.8) is 0 Å². The fourth-order valence-corrected chi connectivity index (χ4v) is 0. The van der Waals surface area contributed by atoms with Gasteiger partial charge in [-0.3, -0.25) is 0 Å². The van der Waals surface area contributed by atoms with E-state index in [0.29, 0.717) is 0 Å². The van der Waals surface area contributed by atoms with Crippen LogP contribution in [-0.2, 0) is 4.57 Å². The first-order chi connectivity index (χ1) is 2.00. The summed E-state index contributed by atoms with van der Waals surface area (Å²) in [5.74, 6) is 0. The Kier molecular flexibility index (Phi) is 14.7. The van der Waals surface area contributed by atoms with E-state index >= 15 is 0 Å². The van der Waals surface area contributed by atoms with Gasteiger partial charge in [0, 0.05) is 0 Å². The second kappa shape index (κ2) is 6.39. The van der Waals surface area contributed by atoms with E-state index in [2.05, 4.69) is 0 Å². The van der Waals surface area contributed by atoms with Crippen LogP contribution in [0.4, 0.5) is 0 Å². The van der Waals surface area contributed by atoms with Crippen molar-refractivity contribution in [2.75, 3.05) is 0 Å². The van der Waals surface area contributed by atoms with Crippen LogP contribution in [0.3, 0.4) is 0 Å². The standard InChI is InChI=1S/K.H3O4P.H2Se.H/c;1-5(2,3)4;;/h;(H3,1,2,3,4);1H2;. The van der Waals surface area contributed by atoms with E-state index in [-0.39, 0.29) is 68.5 Å². The zero-order chi connectivity index (χ0) is 4.50. The van der Waals surface area contributed by atoms with E-state index < -0.39 is 7.82 Å². The van der Waals surface area contributed by atoms with Gasteiger partial charge in [-0.2, -0.15) is 0 Å². The summed E-state index contributed by atoms with van der Waals surface area (Å²) in [5.41, 5.74) is 0. The molecule has 0 radical (unpaired) electrons. The van der Waals surface area contributed by atoms with Gasteiger partial charge in [-0.1, -0.05) is 0 Å². The van der Waals surface area contributed by atoms with Gasteiger partial charge in [0.15, 0.2) is 0 Å².